The van der Waals surface area contributed by atoms with E-state index < -0.39 is 0 Å². The Kier molecular flexibility index (Phi) is 2.23. The minimum atomic E-state index is 0.730. The van der Waals surface area contributed by atoms with Gasteiger partial charge in [-0.3, -0.25) is 10.1 Å². The number of anilines is 1. The van der Waals surface area contributed by atoms with Gasteiger partial charge in [0.15, 0.2) is 0 Å². The van der Waals surface area contributed by atoms with Gasteiger partial charge >= 0.3 is 0 Å². The van der Waals surface area contributed by atoms with Gasteiger partial charge in [0.05, 0.1) is 11.0 Å². The fourth-order valence-corrected chi connectivity index (χ4v) is 2.53. The maximum atomic E-state index is 5.89. The molecule has 4 heteroatoms. The molecule has 0 atom stereocenters. The zero-order valence-electron chi connectivity index (χ0n) is 10.7. The van der Waals surface area contributed by atoms with Crippen molar-refractivity contribution in [1.29, 1.82) is 0 Å². The van der Waals surface area contributed by atoms with Crippen molar-refractivity contribution in [3.8, 4) is 11.3 Å². The lowest BCUT2D eigenvalue weighted by Gasteiger charge is -2.03. The highest BCUT2D eigenvalue weighted by atomic mass is 15.1. The number of H-pyrrole nitrogens is 1. The summed E-state index contributed by atoms with van der Waals surface area (Å²) in [6.45, 7) is 0. The van der Waals surface area contributed by atoms with E-state index in [9.17, 15) is 0 Å². The second kappa shape index (κ2) is 4.06. The molecule has 0 amide bonds. The average molecular weight is 260 g/mol. The first-order chi connectivity index (χ1) is 9.83. The second-order valence-electron chi connectivity index (χ2n) is 4.76. The highest BCUT2D eigenvalue weighted by Crippen LogP contribution is 2.31. The van der Waals surface area contributed by atoms with Gasteiger partial charge in [-0.2, -0.15) is 5.10 Å². The Hall–Kier alpha value is -2.88. The molecule has 3 N–H and O–H groups in total. The van der Waals surface area contributed by atoms with Crippen LogP contribution in [-0.4, -0.2) is 15.2 Å². The highest BCUT2D eigenvalue weighted by molar-refractivity contribution is 6.02. The Labute approximate surface area is 115 Å². The summed E-state index contributed by atoms with van der Waals surface area (Å²) in [6, 6.07) is 15.8. The summed E-state index contributed by atoms with van der Waals surface area (Å²) in [5.41, 5.74) is 10.4. The van der Waals surface area contributed by atoms with Crippen LogP contribution in [0.5, 0.6) is 0 Å². The Bertz CT molecular complexity index is 919. The summed E-state index contributed by atoms with van der Waals surface area (Å²) in [6.07, 6.45) is 1.80. The van der Waals surface area contributed by atoms with Crippen molar-refractivity contribution in [3.05, 3.63) is 54.7 Å². The summed E-state index contributed by atoms with van der Waals surface area (Å²) in [4.78, 5) is 4.48. The van der Waals surface area contributed by atoms with Gasteiger partial charge in [-0.1, -0.05) is 24.3 Å². The number of hydrogen-bond acceptors (Lipinski definition) is 3. The minimum Gasteiger partial charge on any atom is -0.399 e. The first-order valence-electron chi connectivity index (χ1n) is 6.41. The number of benzene rings is 2. The number of para-hydroxylation sites is 1. The van der Waals surface area contributed by atoms with Crippen LogP contribution in [0.1, 0.15) is 0 Å². The van der Waals surface area contributed by atoms with Crippen molar-refractivity contribution in [1.82, 2.24) is 15.2 Å². The predicted molar refractivity (Wildman–Crippen MR) is 81.2 cm³/mol. The number of nitrogens with zero attached hydrogens (tertiary/aromatic N) is 2. The molecule has 0 aliphatic rings. The lowest BCUT2D eigenvalue weighted by molar-refractivity contribution is 1.12. The number of aromatic nitrogens is 3. The number of aromatic amines is 1. The van der Waals surface area contributed by atoms with Crippen LogP contribution in [0, 0.1) is 0 Å². The van der Waals surface area contributed by atoms with Crippen molar-refractivity contribution < 1.29 is 0 Å². The Morgan fingerprint density at radius 3 is 2.85 bits per heavy atom. The van der Waals surface area contributed by atoms with Gasteiger partial charge in [-0.05, 0) is 24.3 Å². The van der Waals surface area contributed by atoms with E-state index in [4.69, 9.17) is 5.73 Å². The lowest BCUT2D eigenvalue weighted by Crippen LogP contribution is -1.86. The predicted octanol–water partition coefficient (Wildman–Crippen LogP) is 3.36. The Balaban J connectivity index is 2.09. The fourth-order valence-electron chi connectivity index (χ4n) is 2.53. The molecular formula is C16H12N4. The van der Waals surface area contributed by atoms with Crippen LogP contribution in [-0.2, 0) is 0 Å². The van der Waals surface area contributed by atoms with Crippen LogP contribution in [0.4, 0.5) is 5.69 Å². The Morgan fingerprint density at radius 2 is 1.90 bits per heavy atom. The Morgan fingerprint density at radius 1 is 1.00 bits per heavy atom. The molecule has 4 aromatic rings. The van der Waals surface area contributed by atoms with E-state index in [-0.39, 0.29) is 0 Å². The van der Waals surface area contributed by atoms with Crippen LogP contribution in [0.2, 0.25) is 0 Å². The standard InChI is InChI=1S/C16H12N4/c17-11-6-7-14-13(9-11)16(20-19-14)12-5-1-3-10-4-2-8-18-15(10)12/h1-9H,17H2,(H,19,20). The van der Waals surface area contributed by atoms with Crippen molar-refractivity contribution in [2.75, 3.05) is 5.73 Å². The van der Waals surface area contributed by atoms with E-state index in [0.29, 0.717) is 0 Å². The van der Waals surface area contributed by atoms with E-state index in [1.165, 1.54) is 0 Å². The maximum Gasteiger partial charge on any atom is 0.102 e. The van der Waals surface area contributed by atoms with Crippen LogP contribution in [0.3, 0.4) is 0 Å². The van der Waals surface area contributed by atoms with Crippen LogP contribution >= 0.6 is 0 Å². The number of nitrogens with one attached hydrogen (secondary N) is 1. The molecule has 0 fully saturated rings. The zero-order valence-corrected chi connectivity index (χ0v) is 10.7. The molecule has 0 unspecified atom stereocenters. The van der Waals surface area contributed by atoms with Crippen LogP contribution in [0.15, 0.2) is 54.7 Å². The number of nitrogen functional groups attached to an aromatic ring is 1. The van der Waals surface area contributed by atoms with Gasteiger partial charge in [-0.25, -0.2) is 0 Å². The molecule has 0 radical (unpaired) electrons. The summed E-state index contributed by atoms with van der Waals surface area (Å²) >= 11 is 0. The van der Waals surface area contributed by atoms with E-state index >= 15 is 0 Å². The average Bonchev–Trinajstić information content (AvgIpc) is 2.89. The third-order valence-electron chi connectivity index (χ3n) is 3.47. The molecule has 96 valence electrons. The topological polar surface area (TPSA) is 67.6 Å². The van der Waals surface area contributed by atoms with E-state index in [0.717, 1.165) is 38.8 Å². The largest absolute Gasteiger partial charge is 0.399 e. The number of pyridine rings is 1. The molecule has 0 aliphatic carbocycles. The molecule has 4 rings (SSSR count). The van der Waals surface area contributed by atoms with Crippen LogP contribution < -0.4 is 5.73 Å². The first-order valence-corrected chi connectivity index (χ1v) is 6.41. The third kappa shape index (κ3) is 1.55. The summed E-state index contributed by atoms with van der Waals surface area (Å²) < 4.78 is 0. The van der Waals surface area contributed by atoms with E-state index in [1.54, 1.807) is 6.20 Å². The molecule has 2 aromatic carbocycles. The third-order valence-corrected chi connectivity index (χ3v) is 3.47. The quantitative estimate of drug-likeness (QED) is 0.516. The molecule has 4 nitrogen and oxygen atoms in total. The monoisotopic (exact) mass is 260 g/mol. The van der Waals surface area contributed by atoms with Gasteiger partial charge in [0.1, 0.15) is 5.69 Å². The van der Waals surface area contributed by atoms with E-state index in [1.807, 2.05) is 36.4 Å². The van der Waals surface area contributed by atoms with Crippen LogP contribution in [0.25, 0.3) is 33.1 Å². The highest BCUT2D eigenvalue weighted by Gasteiger charge is 2.11. The molecule has 0 bridgehead atoms. The second-order valence-corrected chi connectivity index (χ2v) is 4.76. The van der Waals surface area contributed by atoms with Crippen molar-refractivity contribution in [2.24, 2.45) is 0 Å². The van der Waals surface area contributed by atoms with E-state index in [2.05, 4.69) is 27.3 Å². The van der Waals surface area contributed by atoms with Crippen molar-refractivity contribution in [3.63, 3.8) is 0 Å². The van der Waals surface area contributed by atoms with Gasteiger partial charge < -0.3 is 5.73 Å². The summed E-state index contributed by atoms with van der Waals surface area (Å²) in [5.74, 6) is 0. The molecule has 0 saturated carbocycles. The first kappa shape index (κ1) is 11.0. The number of rotatable bonds is 1. The van der Waals surface area contributed by atoms with Gasteiger partial charge in [-0.15, -0.1) is 0 Å². The van der Waals surface area contributed by atoms with Crippen molar-refractivity contribution in [2.45, 2.75) is 0 Å². The molecular weight excluding hydrogens is 248 g/mol. The summed E-state index contributed by atoms with van der Waals surface area (Å²) in [7, 11) is 0. The molecule has 20 heavy (non-hydrogen) atoms. The fraction of sp³-hybridized carbons (Fsp3) is 0. The van der Waals surface area contributed by atoms with Gasteiger partial charge in [0.2, 0.25) is 0 Å². The molecule has 2 heterocycles. The number of fused-ring (bicyclic) bond motifs is 2. The molecule has 0 spiro atoms. The SMILES string of the molecule is Nc1ccc2[nH]nc(-c3cccc4cccnc34)c2c1. The normalized spacial score (nSPS) is 11.2. The van der Waals surface area contributed by atoms with Crippen molar-refractivity contribution >= 4 is 27.5 Å². The van der Waals surface area contributed by atoms with Gasteiger partial charge in [0, 0.05) is 28.2 Å². The lowest BCUT2D eigenvalue weighted by atomic mass is 10.0. The molecule has 0 aliphatic heterocycles. The zero-order chi connectivity index (χ0) is 13.5. The minimum absolute atomic E-state index is 0.730. The molecule has 0 saturated heterocycles. The number of hydrogen-bond donors (Lipinski definition) is 2. The number of nitrogens with two attached hydrogens (primary N) is 1. The maximum absolute atomic E-state index is 5.89. The molecule has 2 aromatic heterocycles. The van der Waals surface area contributed by atoms with Gasteiger partial charge in [0.25, 0.3) is 0 Å². The smallest absolute Gasteiger partial charge is 0.102 e. The summed E-state index contributed by atoms with van der Waals surface area (Å²) in [5, 5.41) is 9.60.